The molecule has 0 spiro atoms. The van der Waals surface area contributed by atoms with Crippen LogP contribution in [-0.4, -0.2) is 12.1 Å². The van der Waals surface area contributed by atoms with E-state index < -0.39 is 0 Å². The minimum atomic E-state index is -0.0968. The van der Waals surface area contributed by atoms with E-state index in [9.17, 15) is 4.79 Å². The van der Waals surface area contributed by atoms with Gasteiger partial charge >= 0.3 is 5.97 Å². The lowest BCUT2D eigenvalue weighted by Crippen LogP contribution is -1.99. The van der Waals surface area contributed by atoms with Crippen LogP contribution in [0.4, 0.5) is 0 Å². The molecule has 1 saturated heterocycles. The number of hydrogen-bond acceptors (Lipinski definition) is 2. The molecule has 0 aromatic carbocycles. The average molecular weight is 238 g/mol. The first-order valence-electron chi connectivity index (χ1n) is 7.14. The quantitative estimate of drug-likeness (QED) is 0.356. The van der Waals surface area contributed by atoms with Gasteiger partial charge in [0.05, 0.1) is 0 Å². The Kier molecular flexibility index (Phi) is 6.99. The highest BCUT2D eigenvalue weighted by Gasteiger charge is 2.24. The number of hydrogen-bond donors (Lipinski definition) is 0. The van der Waals surface area contributed by atoms with Crippen molar-refractivity contribution < 1.29 is 9.53 Å². The Labute approximate surface area is 105 Å². The number of allylic oxidation sites excluding steroid dienone is 1. The zero-order valence-electron chi connectivity index (χ0n) is 11.3. The summed E-state index contributed by atoms with van der Waals surface area (Å²) >= 11 is 0. The summed E-state index contributed by atoms with van der Waals surface area (Å²) in [5.74, 6) is -0.0968. The smallest absolute Gasteiger partial charge is 0.334 e. The van der Waals surface area contributed by atoms with Gasteiger partial charge in [-0.05, 0) is 19.8 Å². The number of ether oxygens (including phenoxy) is 1. The van der Waals surface area contributed by atoms with E-state index in [2.05, 4.69) is 13.0 Å². The molecule has 0 unspecified atom stereocenters. The zero-order valence-corrected chi connectivity index (χ0v) is 11.3. The van der Waals surface area contributed by atoms with Gasteiger partial charge in [-0.1, -0.05) is 51.5 Å². The molecule has 98 valence electrons. The van der Waals surface area contributed by atoms with E-state index in [-0.39, 0.29) is 12.1 Å². The molecule has 1 atom stereocenters. The van der Waals surface area contributed by atoms with Crippen molar-refractivity contribution in [3.8, 4) is 0 Å². The van der Waals surface area contributed by atoms with E-state index in [0.717, 1.165) is 18.4 Å². The molecule has 1 heterocycles. The summed E-state index contributed by atoms with van der Waals surface area (Å²) in [7, 11) is 0. The minimum absolute atomic E-state index is 0.0859. The molecule has 0 aliphatic carbocycles. The van der Waals surface area contributed by atoms with Crippen LogP contribution >= 0.6 is 0 Å². The summed E-state index contributed by atoms with van der Waals surface area (Å²) in [6, 6.07) is 0. The number of unbranched alkanes of at least 4 members (excludes halogenated alkanes) is 7. The van der Waals surface area contributed by atoms with Crippen LogP contribution in [0, 0.1) is 0 Å². The Morgan fingerprint density at radius 1 is 1.18 bits per heavy atom. The van der Waals surface area contributed by atoms with Crippen LogP contribution in [0.1, 0.15) is 71.6 Å². The molecule has 0 radical (unpaired) electrons. The van der Waals surface area contributed by atoms with Crippen LogP contribution in [0.15, 0.2) is 11.6 Å². The molecule has 0 bridgehead atoms. The maximum Gasteiger partial charge on any atom is 0.334 e. The van der Waals surface area contributed by atoms with Crippen LogP contribution < -0.4 is 0 Å². The van der Waals surface area contributed by atoms with Crippen LogP contribution in [0.25, 0.3) is 0 Å². The predicted octanol–water partition coefficient (Wildman–Crippen LogP) is 4.39. The van der Waals surface area contributed by atoms with Crippen LogP contribution in [-0.2, 0) is 9.53 Å². The number of cyclic esters (lactones) is 1. The first-order chi connectivity index (χ1) is 8.24. The van der Waals surface area contributed by atoms with Crippen LogP contribution in [0.2, 0.25) is 0 Å². The van der Waals surface area contributed by atoms with Gasteiger partial charge in [0.25, 0.3) is 0 Å². The first kappa shape index (κ1) is 14.3. The second-order valence-electron chi connectivity index (χ2n) is 5.06. The van der Waals surface area contributed by atoms with E-state index in [1.165, 1.54) is 44.9 Å². The van der Waals surface area contributed by atoms with Crippen molar-refractivity contribution in [1.29, 1.82) is 0 Å². The van der Waals surface area contributed by atoms with Crippen molar-refractivity contribution in [1.82, 2.24) is 0 Å². The number of rotatable bonds is 8. The zero-order chi connectivity index (χ0) is 12.5. The van der Waals surface area contributed by atoms with Gasteiger partial charge in [-0.15, -0.1) is 0 Å². The first-order valence-corrected chi connectivity index (χ1v) is 7.14. The summed E-state index contributed by atoms with van der Waals surface area (Å²) < 4.78 is 5.09. The number of esters is 1. The third kappa shape index (κ3) is 5.90. The predicted molar refractivity (Wildman–Crippen MR) is 70.9 cm³/mol. The normalized spacial score (nSPS) is 22.1. The van der Waals surface area contributed by atoms with Gasteiger partial charge in [0.15, 0.2) is 0 Å². The molecular weight excluding hydrogens is 212 g/mol. The third-order valence-electron chi connectivity index (χ3n) is 3.28. The molecule has 1 rings (SSSR count). The molecule has 1 fully saturated rings. The van der Waals surface area contributed by atoms with Gasteiger partial charge in [0.1, 0.15) is 6.10 Å². The second kappa shape index (κ2) is 8.32. The Morgan fingerprint density at radius 3 is 2.41 bits per heavy atom. The SMILES string of the molecule is CCCCCCCCC/C=C1/C[C@@H](C)OC1=O. The lowest BCUT2D eigenvalue weighted by Gasteiger charge is -1.99. The molecule has 1 aliphatic heterocycles. The summed E-state index contributed by atoms with van der Waals surface area (Å²) in [4.78, 5) is 11.3. The van der Waals surface area contributed by atoms with Gasteiger partial charge in [-0.2, -0.15) is 0 Å². The molecule has 17 heavy (non-hydrogen) atoms. The van der Waals surface area contributed by atoms with E-state index in [4.69, 9.17) is 4.74 Å². The van der Waals surface area contributed by atoms with Gasteiger partial charge in [0.2, 0.25) is 0 Å². The fourth-order valence-corrected chi connectivity index (χ4v) is 2.24. The van der Waals surface area contributed by atoms with Crippen LogP contribution in [0.5, 0.6) is 0 Å². The Morgan fingerprint density at radius 2 is 1.82 bits per heavy atom. The Bertz CT molecular complexity index is 256. The molecule has 0 saturated carbocycles. The fourth-order valence-electron chi connectivity index (χ4n) is 2.24. The summed E-state index contributed by atoms with van der Waals surface area (Å²) in [5.41, 5.74) is 0.892. The summed E-state index contributed by atoms with van der Waals surface area (Å²) in [6.07, 6.45) is 13.3. The average Bonchev–Trinajstić information content (AvgIpc) is 2.61. The number of carbonyl (C=O) groups excluding carboxylic acids is 1. The Balaban J connectivity index is 2.00. The molecule has 0 amide bonds. The Hall–Kier alpha value is -0.790. The maximum absolute atomic E-state index is 11.3. The monoisotopic (exact) mass is 238 g/mol. The van der Waals surface area contributed by atoms with Gasteiger partial charge in [0, 0.05) is 12.0 Å². The maximum atomic E-state index is 11.3. The lowest BCUT2D eigenvalue weighted by atomic mass is 10.1. The molecule has 0 N–H and O–H groups in total. The van der Waals surface area contributed by atoms with Gasteiger partial charge in [-0.3, -0.25) is 0 Å². The largest absolute Gasteiger partial charge is 0.459 e. The topological polar surface area (TPSA) is 26.3 Å². The van der Waals surface area contributed by atoms with Gasteiger partial charge in [-0.25, -0.2) is 4.79 Å². The molecule has 0 aromatic heterocycles. The second-order valence-corrected chi connectivity index (χ2v) is 5.06. The fraction of sp³-hybridized carbons (Fsp3) is 0.800. The standard InChI is InChI=1S/C15H26O2/c1-3-4-5-6-7-8-9-10-11-14-12-13(2)17-15(14)16/h11,13H,3-10,12H2,1-2H3/b14-11-/t13-/m1/s1. The highest BCUT2D eigenvalue weighted by molar-refractivity contribution is 5.90. The summed E-state index contributed by atoms with van der Waals surface area (Å²) in [5, 5.41) is 0. The minimum Gasteiger partial charge on any atom is -0.459 e. The number of carbonyl (C=O) groups is 1. The van der Waals surface area contributed by atoms with E-state index in [1.54, 1.807) is 0 Å². The molecule has 2 heteroatoms. The van der Waals surface area contributed by atoms with E-state index in [1.807, 2.05) is 6.92 Å². The van der Waals surface area contributed by atoms with Gasteiger partial charge < -0.3 is 4.74 Å². The third-order valence-corrected chi connectivity index (χ3v) is 3.28. The van der Waals surface area contributed by atoms with Crippen molar-refractivity contribution in [3.63, 3.8) is 0 Å². The van der Waals surface area contributed by atoms with Crippen LogP contribution in [0.3, 0.4) is 0 Å². The molecular formula is C15H26O2. The molecule has 0 aromatic rings. The van der Waals surface area contributed by atoms with Crippen molar-refractivity contribution in [2.75, 3.05) is 0 Å². The van der Waals surface area contributed by atoms with Crippen molar-refractivity contribution in [2.24, 2.45) is 0 Å². The highest BCUT2D eigenvalue weighted by Crippen LogP contribution is 2.20. The lowest BCUT2D eigenvalue weighted by molar-refractivity contribution is -0.138. The van der Waals surface area contributed by atoms with Crippen molar-refractivity contribution >= 4 is 5.97 Å². The highest BCUT2D eigenvalue weighted by atomic mass is 16.5. The van der Waals surface area contributed by atoms with Crippen molar-refractivity contribution in [2.45, 2.75) is 77.7 Å². The van der Waals surface area contributed by atoms with Crippen molar-refractivity contribution in [3.05, 3.63) is 11.6 Å². The van der Waals surface area contributed by atoms with E-state index >= 15 is 0 Å². The summed E-state index contributed by atoms with van der Waals surface area (Å²) in [6.45, 7) is 4.19. The molecule has 1 aliphatic rings. The van der Waals surface area contributed by atoms with E-state index in [0.29, 0.717) is 0 Å². The molecule has 2 nitrogen and oxygen atoms in total.